The van der Waals surface area contributed by atoms with Crippen LogP contribution in [0.15, 0.2) is 24.5 Å². The molecule has 1 aromatic carbocycles. The molecule has 98 valence electrons. The van der Waals surface area contributed by atoms with E-state index in [4.69, 9.17) is 10.5 Å². The van der Waals surface area contributed by atoms with Crippen LogP contribution < -0.4 is 10.5 Å². The first-order chi connectivity index (χ1) is 9.17. The highest BCUT2D eigenvalue weighted by Crippen LogP contribution is 2.38. The quantitative estimate of drug-likeness (QED) is 0.894. The van der Waals surface area contributed by atoms with Crippen molar-refractivity contribution < 1.29 is 9.13 Å². The van der Waals surface area contributed by atoms with E-state index < -0.39 is 5.82 Å². The van der Waals surface area contributed by atoms with E-state index in [2.05, 4.69) is 16.0 Å². The lowest BCUT2D eigenvalue weighted by atomic mass is 10.0. The van der Waals surface area contributed by atoms with Crippen molar-refractivity contribution in [1.29, 1.82) is 0 Å². The van der Waals surface area contributed by atoms with Gasteiger partial charge in [0.1, 0.15) is 11.9 Å². The van der Waals surface area contributed by atoms with Crippen molar-refractivity contribution in [3.05, 3.63) is 41.5 Å². The summed E-state index contributed by atoms with van der Waals surface area (Å²) in [5.74, 6) is 0.792. The molecule has 2 N–H and O–H groups in total. The molecule has 1 aromatic heterocycles. The van der Waals surface area contributed by atoms with Crippen molar-refractivity contribution in [1.82, 2.24) is 9.97 Å². The maximum Gasteiger partial charge on any atom is 0.163 e. The number of rotatable bonds is 2. The molecule has 0 amide bonds. The Bertz CT molecular complexity index is 613. The van der Waals surface area contributed by atoms with Crippen LogP contribution in [0.2, 0.25) is 0 Å². The molecule has 3 rings (SSSR count). The first-order valence-electron chi connectivity index (χ1n) is 6.15. The number of aromatic nitrogens is 2. The van der Waals surface area contributed by atoms with Gasteiger partial charge in [-0.2, -0.15) is 0 Å². The summed E-state index contributed by atoms with van der Waals surface area (Å²) in [6.07, 6.45) is 3.11. The second-order valence-electron chi connectivity index (χ2n) is 4.71. The molecule has 19 heavy (non-hydrogen) atoms. The van der Waals surface area contributed by atoms with E-state index in [1.165, 1.54) is 0 Å². The zero-order chi connectivity index (χ0) is 13.4. The largest absolute Gasteiger partial charge is 0.488 e. The normalized spacial score (nSPS) is 17.1. The van der Waals surface area contributed by atoms with Crippen LogP contribution in [0, 0.1) is 12.7 Å². The van der Waals surface area contributed by atoms with Crippen molar-refractivity contribution >= 4 is 0 Å². The fourth-order valence-corrected chi connectivity index (χ4v) is 2.34. The molecular formula is C14H14FN3O. The first-order valence-corrected chi connectivity index (χ1v) is 6.15. The minimum Gasteiger partial charge on any atom is -0.488 e. The summed E-state index contributed by atoms with van der Waals surface area (Å²) in [5, 5.41) is 0. The van der Waals surface area contributed by atoms with Crippen LogP contribution in [0.4, 0.5) is 4.39 Å². The minimum atomic E-state index is -0.450. The average Bonchev–Trinajstić information content (AvgIpc) is 2.81. The Labute approximate surface area is 110 Å². The Hall–Kier alpha value is -2.01. The topological polar surface area (TPSA) is 61.0 Å². The van der Waals surface area contributed by atoms with Crippen LogP contribution in [0.1, 0.15) is 11.1 Å². The number of halogens is 1. The predicted octanol–water partition coefficient (Wildman–Crippen LogP) is 1.85. The first kappa shape index (κ1) is 12.0. The molecule has 1 aliphatic heterocycles. The summed E-state index contributed by atoms with van der Waals surface area (Å²) in [6.45, 7) is 2.47. The van der Waals surface area contributed by atoms with E-state index >= 15 is 0 Å². The maximum atomic E-state index is 12.9. The highest BCUT2D eigenvalue weighted by molar-refractivity contribution is 5.68. The molecular weight excluding hydrogens is 245 g/mol. The van der Waals surface area contributed by atoms with Gasteiger partial charge in [-0.1, -0.05) is 6.07 Å². The van der Waals surface area contributed by atoms with Crippen LogP contribution in [0.3, 0.4) is 0 Å². The van der Waals surface area contributed by atoms with Gasteiger partial charge in [-0.05, 0) is 24.1 Å². The number of benzene rings is 1. The molecule has 5 heteroatoms. The molecule has 0 spiro atoms. The molecule has 0 fully saturated rings. The monoisotopic (exact) mass is 259 g/mol. The number of aryl methyl sites for hydroxylation is 1. The number of nitrogens with zero attached hydrogens (tertiary/aromatic N) is 2. The molecule has 2 heterocycles. The molecule has 1 atom stereocenters. The average molecular weight is 259 g/mol. The maximum absolute atomic E-state index is 12.9. The fourth-order valence-electron chi connectivity index (χ4n) is 2.34. The Morgan fingerprint density at radius 2 is 2.11 bits per heavy atom. The van der Waals surface area contributed by atoms with Gasteiger partial charge >= 0.3 is 0 Å². The molecule has 1 unspecified atom stereocenters. The third-order valence-corrected chi connectivity index (χ3v) is 3.17. The predicted molar refractivity (Wildman–Crippen MR) is 69.3 cm³/mol. The van der Waals surface area contributed by atoms with Crippen LogP contribution in [0.5, 0.6) is 5.75 Å². The van der Waals surface area contributed by atoms with Crippen molar-refractivity contribution in [3.63, 3.8) is 0 Å². The van der Waals surface area contributed by atoms with Gasteiger partial charge in [0.15, 0.2) is 11.6 Å². The Balaban J connectivity index is 2.10. The molecule has 2 aromatic rings. The van der Waals surface area contributed by atoms with Gasteiger partial charge in [0.25, 0.3) is 0 Å². The Morgan fingerprint density at radius 3 is 2.79 bits per heavy atom. The van der Waals surface area contributed by atoms with Crippen LogP contribution in [0.25, 0.3) is 11.4 Å². The summed E-state index contributed by atoms with van der Waals surface area (Å²) in [4.78, 5) is 8.04. The minimum absolute atomic E-state index is 0.00371. The molecule has 0 radical (unpaired) electrons. The van der Waals surface area contributed by atoms with Gasteiger partial charge in [0.05, 0.1) is 18.0 Å². The van der Waals surface area contributed by atoms with Gasteiger partial charge in [-0.25, -0.2) is 14.4 Å². The molecule has 1 aliphatic rings. The molecule has 0 bridgehead atoms. The second-order valence-corrected chi connectivity index (χ2v) is 4.71. The third-order valence-electron chi connectivity index (χ3n) is 3.17. The van der Waals surface area contributed by atoms with Crippen molar-refractivity contribution in [2.45, 2.75) is 19.4 Å². The second kappa shape index (κ2) is 4.59. The lowest BCUT2D eigenvalue weighted by Crippen LogP contribution is -2.24. The van der Waals surface area contributed by atoms with Gasteiger partial charge < -0.3 is 10.5 Å². The SMILES string of the molecule is Cc1cc2c(c(-c3ncc(F)cn3)c1)OC(CN)C2. The summed E-state index contributed by atoms with van der Waals surface area (Å²) >= 11 is 0. The third kappa shape index (κ3) is 2.17. The van der Waals surface area contributed by atoms with E-state index in [1.54, 1.807) is 0 Å². The summed E-state index contributed by atoms with van der Waals surface area (Å²) in [5.41, 5.74) is 8.66. The van der Waals surface area contributed by atoms with Gasteiger partial charge in [0.2, 0.25) is 0 Å². The Morgan fingerprint density at radius 1 is 1.37 bits per heavy atom. The van der Waals surface area contributed by atoms with Crippen molar-refractivity contribution in [3.8, 4) is 17.1 Å². The molecule has 4 nitrogen and oxygen atoms in total. The highest BCUT2D eigenvalue weighted by atomic mass is 19.1. The smallest absolute Gasteiger partial charge is 0.163 e. The molecule has 0 saturated carbocycles. The van der Waals surface area contributed by atoms with Crippen LogP contribution in [-0.4, -0.2) is 22.6 Å². The van der Waals surface area contributed by atoms with E-state index in [0.717, 1.165) is 41.3 Å². The fraction of sp³-hybridized carbons (Fsp3) is 0.286. The van der Waals surface area contributed by atoms with E-state index in [0.29, 0.717) is 12.4 Å². The van der Waals surface area contributed by atoms with Crippen molar-refractivity contribution in [2.24, 2.45) is 5.73 Å². The van der Waals surface area contributed by atoms with Gasteiger partial charge in [-0.15, -0.1) is 0 Å². The van der Waals surface area contributed by atoms with E-state index in [1.807, 2.05) is 13.0 Å². The number of hydrogen-bond donors (Lipinski definition) is 1. The van der Waals surface area contributed by atoms with Gasteiger partial charge in [0, 0.05) is 13.0 Å². The van der Waals surface area contributed by atoms with Crippen molar-refractivity contribution in [2.75, 3.05) is 6.54 Å². The summed E-state index contributed by atoms with van der Waals surface area (Å²) in [7, 11) is 0. The zero-order valence-electron chi connectivity index (χ0n) is 10.6. The number of hydrogen-bond acceptors (Lipinski definition) is 4. The van der Waals surface area contributed by atoms with E-state index in [9.17, 15) is 4.39 Å². The van der Waals surface area contributed by atoms with E-state index in [-0.39, 0.29) is 6.10 Å². The summed E-state index contributed by atoms with van der Waals surface area (Å²) in [6, 6.07) is 4.03. The number of fused-ring (bicyclic) bond motifs is 1. The Kier molecular flexibility index (Phi) is 2.91. The van der Waals surface area contributed by atoms with Crippen LogP contribution in [-0.2, 0) is 6.42 Å². The number of ether oxygens (including phenoxy) is 1. The molecule has 0 saturated heterocycles. The van der Waals surface area contributed by atoms with Crippen LogP contribution >= 0.6 is 0 Å². The summed E-state index contributed by atoms with van der Waals surface area (Å²) < 4.78 is 18.7. The lowest BCUT2D eigenvalue weighted by molar-refractivity contribution is 0.242. The van der Waals surface area contributed by atoms with Gasteiger partial charge in [-0.3, -0.25) is 0 Å². The highest BCUT2D eigenvalue weighted by Gasteiger charge is 2.26. The standard InChI is InChI=1S/C14H14FN3O/c1-8-2-9-4-11(5-16)19-13(9)12(3-8)14-17-6-10(15)7-18-14/h2-3,6-7,11H,4-5,16H2,1H3. The lowest BCUT2D eigenvalue weighted by Gasteiger charge is -2.10. The molecule has 0 aliphatic carbocycles. The zero-order valence-corrected chi connectivity index (χ0v) is 10.6. The number of nitrogens with two attached hydrogens (primary N) is 1.